The number of rotatable bonds is 8. The number of nitrogens with zero attached hydrogens (tertiary/aromatic N) is 1. The quantitative estimate of drug-likeness (QED) is 0.134. The zero-order valence-electron chi connectivity index (χ0n) is 31.0. The van der Waals surface area contributed by atoms with Crippen molar-refractivity contribution in [2.45, 2.75) is 83.3 Å². The number of hydrogen-bond acceptors (Lipinski definition) is 5. The van der Waals surface area contributed by atoms with Crippen molar-refractivity contribution in [3.8, 4) is 5.75 Å². The van der Waals surface area contributed by atoms with Crippen molar-refractivity contribution in [1.82, 2.24) is 0 Å². The fourth-order valence-corrected chi connectivity index (χ4v) is 13.5. The summed E-state index contributed by atoms with van der Waals surface area (Å²) in [4.78, 5) is 15.8. The van der Waals surface area contributed by atoms with Crippen molar-refractivity contribution in [2.24, 2.45) is 11.8 Å². The monoisotopic (exact) mass is 721 g/mol. The number of hydrogen-bond donors (Lipinski definition) is 0. The van der Waals surface area contributed by atoms with Gasteiger partial charge in [0.25, 0.3) is 8.32 Å². The number of aryl methyl sites for hydroxylation is 1. The second-order valence-electron chi connectivity index (χ2n) is 17.0. The van der Waals surface area contributed by atoms with Gasteiger partial charge in [-0.05, 0) is 115 Å². The second-order valence-corrected chi connectivity index (χ2v) is 21.7. The minimum Gasteiger partial charge on any atom is -0.490 e. The fraction of sp³-hybridized carbons (Fsp3) is 0.432. The van der Waals surface area contributed by atoms with E-state index in [-0.39, 0.29) is 16.4 Å². The molecule has 1 unspecified atom stereocenters. The summed E-state index contributed by atoms with van der Waals surface area (Å²) in [5.74, 6) is 1.38. The molecule has 0 bridgehead atoms. The summed E-state index contributed by atoms with van der Waals surface area (Å²) >= 11 is 6.46. The molecule has 0 N–H and O–H groups in total. The molecule has 7 rings (SSSR count). The van der Waals surface area contributed by atoms with Crippen LogP contribution in [0.2, 0.25) is 10.1 Å². The van der Waals surface area contributed by atoms with Gasteiger partial charge in [0.15, 0.2) is 0 Å². The standard InChI is InChI=1S/C44H52ClNO4Si/c1-42(2,3)50-41(47)32-19-22-40-39(26-32)46(29-44(30-48-40)24-23-31-25-35(45)20-21-38(31)44)27-33-17-18-34(33)28-49-51(43(4,5)6,36-13-9-7-10-14-36)37-15-11-8-12-16-37/h7-16,19-22,25-26,33-34H,17-18,23-24,27-30H2,1-6H3/t33-,34-,44?/m0/s1. The smallest absolute Gasteiger partial charge is 0.338 e. The van der Waals surface area contributed by atoms with Crippen LogP contribution in [0.1, 0.15) is 82.3 Å². The molecule has 0 amide bonds. The lowest BCUT2D eigenvalue weighted by Gasteiger charge is -2.47. The first-order valence-electron chi connectivity index (χ1n) is 18.6. The van der Waals surface area contributed by atoms with Gasteiger partial charge in [0.2, 0.25) is 0 Å². The molecule has 4 aromatic rings. The highest BCUT2D eigenvalue weighted by Gasteiger charge is 2.51. The fourth-order valence-electron chi connectivity index (χ4n) is 8.71. The third-order valence-corrected chi connectivity index (χ3v) is 16.6. The SMILES string of the molecule is CC(C)(C)OC(=O)c1ccc2c(c1)N(C[C@@H]1CC[C@H]1CO[Si](c1ccccc1)(c1ccccc1)C(C)(C)C)CC1(CCc3cc(Cl)ccc31)CO2. The van der Waals surface area contributed by atoms with Crippen LogP contribution in [0.5, 0.6) is 5.75 Å². The lowest BCUT2D eigenvalue weighted by atomic mass is 9.73. The highest BCUT2D eigenvalue weighted by atomic mass is 35.5. The molecule has 7 heteroatoms. The molecule has 1 saturated carbocycles. The van der Waals surface area contributed by atoms with Crippen molar-refractivity contribution >= 4 is 41.9 Å². The van der Waals surface area contributed by atoms with E-state index in [4.69, 9.17) is 25.5 Å². The summed E-state index contributed by atoms with van der Waals surface area (Å²) in [7, 11) is -2.65. The van der Waals surface area contributed by atoms with E-state index >= 15 is 0 Å². The number of ether oxygens (including phenoxy) is 2. The zero-order valence-corrected chi connectivity index (χ0v) is 32.8. The van der Waals surface area contributed by atoms with Crippen molar-refractivity contribution in [3.05, 3.63) is 119 Å². The summed E-state index contributed by atoms with van der Waals surface area (Å²) in [6.07, 6.45) is 4.26. The normalized spacial score (nSPS) is 21.7. The maximum atomic E-state index is 13.3. The number of anilines is 1. The first-order chi connectivity index (χ1) is 24.3. The van der Waals surface area contributed by atoms with Crippen molar-refractivity contribution in [2.75, 3.05) is 31.2 Å². The Labute approximate surface area is 310 Å². The Hall–Kier alpha value is -3.58. The molecule has 3 aliphatic rings. The van der Waals surface area contributed by atoms with E-state index in [2.05, 4.69) is 98.5 Å². The maximum absolute atomic E-state index is 13.3. The van der Waals surface area contributed by atoms with Gasteiger partial charge in [-0.2, -0.15) is 0 Å². The van der Waals surface area contributed by atoms with E-state index < -0.39 is 13.9 Å². The predicted octanol–water partition coefficient (Wildman–Crippen LogP) is 8.98. The number of esters is 1. The second kappa shape index (κ2) is 13.8. The summed E-state index contributed by atoms with van der Waals surface area (Å²) in [5, 5.41) is 3.34. The van der Waals surface area contributed by atoms with Gasteiger partial charge in [-0.25, -0.2) is 4.79 Å². The molecule has 1 aliphatic heterocycles. The minimum absolute atomic E-state index is 0.0702. The highest BCUT2D eigenvalue weighted by molar-refractivity contribution is 6.99. The zero-order chi connectivity index (χ0) is 36.0. The molecule has 1 heterocycles. The average Bonchev–Trinajstić information content (AvgIpc) is 3.34. The Morgan fingerprint density at radius 1 is 0.882 bits per heavy atom. The van der Waals surface area contributed by atoms with Gasteiger partial charge < -0.3 is 18.8 Å². The molecule has 5 nitrogen and oxygen atoms in total. The summed E-state index contributed by atoms with van der Waals surface area (Å²) in [5.41, 5.74) is 3.41. The number of carbonyl (C=O) groups is 1. The third kappa shape index (κ3) is 7.00. The summed E-state index contributed by atoms with van der Waals surface area (Å²) in [6, 6.07) is 34.0. The van der Waals surface area contributed by atoms with Gasteiger partial charge in [-0.1, -0.05) is 99.1 Å². The molecule has 0 aromatic heterocycles. The molecule has 268 valence electrons. The van der Waals surface area contributed by atoms with Crippen LogP contribution in [-0.4, -0.2) is 46.2 Å². The first kappa shape index (κ1) is 35.8. The third-order valence-electron chi connectivity index (χ3n) is 11.4. The molecule has 1 spiro atoms. The lowest BCUT2D eigenvalue weighted by Crippen LogP contribution is -2.67. The van der Waals surface area contributed by atoms with Crippen molar-refractivity contribution < 1.29 is 18.7 Å². The van der Waals surface area contributed by atoms with Gasteiger partial charge >= 0.3 is 5.97 Å². The van der Waals surface area contributed by atoms with Gasteiger partial charge in [0, 0.05) is 30.1 Å². The van der Waals surface area contributed by atoms with Gasteiger partial charge in [0.1, 0.15) is 11.4 Å². The van der Waals surface area contributed by atoms with Crippen LogP contribution in [0, 0.1) is 11.8 Å². The molecular formula is C44H52ClNO4Si. The van der Waals surface area contributed by atoms with Crippen molar-refractivity contribution in [3.63, 3.8) is 0 Å². The number of halogens is 1. The van der Waals surface area contributed by atoms with Crippen LogP contribution in [0.15, 0.2) is 97.1 Å². The Morgan fingerprint density at radius 3 is 2.16 bits per heavy atom. The topological polar surface area (TPSA) is 48.0 Å². The predicted molar refractivity (Wildman–Crippen MR) is 211 cm³/mol. The van der Waals surface area contributed by atoms with Gasteiger partial charge in [-0.3, -0.25) is 0 Å². The van der Waals surface area contributed by atoms with Crippen molar-refractivity contribution in [1.29, 1.82) is 0 Å². The number of fused-ring (bicyclic) bond motifs is 3. The summed E-state index contributed by atoms with van der Waals surface area (Å²) < 4.78 is 19.9. The van der Waals surface area contributed by atoms with Gasteiger partial charge in [-0.15, -0.1) is 0 Å². The van der Waals surface area contributed by atoms with Crippen LogP contribution in [-0.2, 0) is 21.0 Å². The Balaban J connectivity index is 1.20. The molecule has 1 fully saturated rings. The van der Waals surface area contributed by atoms with E-state index in [0.717, 1.165) is 61.8 Å². The van der Waals surface area contributed by atoms with E-state index in [1.54, 1.807) is 0 Å². The molecule has 0 saturated heterocycles. The van der Waals surface area contributed by atoms with Crippen LogP contribution in [0.4, 0.5) is 5.69 Å². The molecule has 4 aromatic carbocycles. The van der Waals surface area contributed by atoms with Crippen LogP contribution in [0.25, 0.3) is 0 Å². The molecule has 2 aliphatic carbocycles. The summed E-state index contributed by atoms with van der Waals surface area (Å²) in [6.45, 7) is 15.7. The average molecular weight is 722 g/mol. The highest BCUT2D eigenvalue weighted by Crippen LogP contribution is 2.47. The Morgan fingerprint density at radius 2 is 1.55 bits per heavy atom. The number of carbonyl (C=O) groups excluding carboxylic acids is 1. The molecule has 0 radical (unpaired) electrons. The van der Waals surface area contributed by atoms with E-state index in [0.29, 0.717) is 24.0 Å². The van der Waals surface area contributed by atoms with Crippen LogP contribution < -0.4 is 20.0 Å². The van der Waals surface area contributed by atoms with E-state index in [1.807, 2.05) is 45.0 Å². The molecular weight excluding hydrogens is 670 g/mol. The Bertz CT molecular complexity index is 1830. The first-order valence-corrected chi connectivity index (χ1v) is 20.9. The van der Waals surface area contributed by atoms with E-state index in [1.165, 1.54) is 21.5 Å². The van der Waals surface area contributed by atoms with Crippen LogP contribution >= 0.6 is 11.6 Å². The minimum atomic E-state index is -2.65. The largest absolute Gasteiger partial charge is 0.490 e. The van der Waals surface area contributed by atoms with Crippen LogP contribution in [0.3, 0.4) is 0 Å². The Kier molecular flexibility index (Phi) is 9.66. The lowest BCUT2D eigenvalue weighted by molar-refractivity contribution is 0.00695. The molecule has 3 atom stereocenters. The number of benzene rings is 4. The van der Waals surface area contributed by atoms with Gasteiger partial charge in [0.05, 0.1) is 17.9 Å². The van der Waals surface area contributed by atoms with E-state index in [9.17, 15) is 4.79 Å². The molecule has 51 heavy (non-hydrogen) atoms. The maximum Gasteiger partial charge on any atom is 0.338 e.